The second kappa shape index (κ2) is 11.2. The van der Waals surface area contributed by atoms with Crippen LogP contribution in [0.15, 0.2) is 65.6 Å². The first-order valence-electron chi connectivity index (χ1n) is 9.79. The van der Waals surface area contributed by atoms with Gasteiger partial charge in [0.2, 0.25) is 0 Å². The first-order chi connectivity index (χ1) is 14.4. The van der Waals surface area contributed by atoms with Gasteiger partial charge in [0.1, 0.15) is 5.75 Å². The minimum absolute atomic E-state index is 0.627. The van der Waals surface area contributed by atoms with Crippen molar-refractivity contribution in [1.29, 1.82) is 0 Å². The summed E-state index contributed by atoms with van der Waals surface area (Å²) in [5, 5.41) is 15.0. The lowest BCUT2D eigenvalue weighted by molar-refractivity contribution is 0.309. The molecule has 2 heterocycles. The third-order valence-electron chi connectivity index (χ3n) is 4.07. The average Bonchev–Trinajstić information content (AvgIpc) is 3.31. The Morgan fingerprint density at radius 1 is 0.966 bits per heavy atom. The van der Waals surface area contributed by atoms with E-state index in [0.29, 0.717) is 12.4 Å². The molecule has 2 aromatic heterocycles. The van der Waals surface area contributed by atoms with Crippen LogP contribution in [0.5, 0.6) is 5.75 Å². The maximum atomic E-state index is 5.76. The van der Waals surface area contributed by atoms with Gasteiger partial charge >= 0.3 is 0 Å². The molecule has 4 rings (SSSR count). The van der Waals surface area contributed by atoms with Crippen LogP contribution < -0.4 is 4.74 Å². The second-order valence-corrected chi connectivity index (χ2v) is 7.08. The van der Waals surface area contributed by atoms with E-state index >= 15 is 0 Å². The SMILES string of the molecule is CC.c1ccc2nc(CSc3ccc(OCCCc4nn[nH]n4)cc3)ccc2c1. The molecule has 7 heteroatoms. The number of tetrazole rings is 1. The summed E-state index contributed by atoms with van der Waals surface area (Å²) in [5.74, 6) is 2.43. The van der Waals surface area contributed by atoms with Gasteiger partial charge in [0.05, 0.1) is 17.8 Å². The normalized spacial score (nSPS) is 10.4. The topological polar surface area (TPSA) is 76.6 Å². The van der Waals surface area contributed by atoms with Crippen molar-refractivity contribution in [2.75, 3.05) is 6.61 Å². The van der Waals surface area contributed by atoms with Crippen LogP contribution in [0.4, 0.5) is 0 Å². The largest absolute Gasteiger partial charge is 0.494 e. The third-order valence-corrected chi connectivity index (χ3v) is 5.11. The van der Waals surface area contributed by atoms with Crippen LogP contribution in [0.3, 0.4) is 0 Å². The molecule has 0 aliphatic carbocycles. The van der Waals surface area contributed by atoms with E-state index in [1.54, 1.807) is 11.8 Å². The fourth-order valence-electron chi connectivity index (χ4n) is 2.69. The van der Waals surface area contributed by atoms with E-state index in [9.17, 15) is 0 Å². The molecule has 0 unspecified atom stereocenters. The van der Waals surface area contributed by atoms with Crippen molar-refractivity contribution in [2.45, 2.75) is 37.3 Å². The smallest absolute Gasteiger partial charge is 0.174 e. The molecule has 1 N–H and O–H groups in total. The number of aromatic nitrogens is 5. The standard InChI is InChI=1S/C20H19N5OS.C2H6/c1-2-5-19-15(4-1)7-8-16(21-19)14-27-18-11-9-17(10-12-18)26-13-3-6-20-22-24-25-23-20;1-2/h1-2,4-5,7-12H,3,6,13-14H2,(H,22,23,24,25);1-2H3. The lowest BCUT2D eigenvalue weighted by Gasteiger charge is -2.07. The number of H-pyrrole nitrogens is 1. The molecule has 0 aliphatic heterocycles. The maximum absolute atomic E-state index is 5.76. The van der Waals surface area contributed by atoms with Crippen molar-refractivity contribution in [2.24, 2.45) is 0 Å². The van der Waals surface area contributed by atoms with Crippen LogP contribution in [0.2, 0.25) is 0 Å². The molecular formula is C22H25N5OS. The van der Waals surface area contributed by atoms with Crippen LogP contribution in [0, 0.1) is 0 Å². The molecule has 150 valence electrons. The Labute approximate surface area is 175 Å². The summed E-state index contributed by atoms with van der Waals surface area (Å²) in [7, 11) is 0. The summed E-state index contributed by atoms with van der Waals surface area (Å²) in [5.41, 5.74) is 2.13. The molecule has 29 heavy (non-hydrogen) atoms. The highest BCUT2D eigenvalue weighted by Crippen LogP contribution is 2.25. The van der Waals surface area contributed by atoms with Crippen LogP contribution >= 0.6 is 11.8 Å². The van der Waals surface area contributed by atoms with E-state index in [-0.39, 0.29) is 0 Å². The number of rotatable bonds is 8. The van der Waals surface area contributed by atoms with Crippen molar-refractivity contribution in [3.63, 3.8) is 0 Å². The third kappa shape index (κ3) is 6.29. The Hall–Kier alpha value is -2.93. The van der Waals surface area contributed by atoms with Gasteiger partial charge in [0.15, 0.2) is 5.82 Å². The van der Waals surface area contributed by atoms with Crippen molar-refractivity contribution in [3.8, 4) is 5.75 Å². The first-order valence-corrected chi connectivity index (χ1v) is 10.8. The predicted octanol–water partition coefficient (Wildman–Crippen LogP) is 5.08. The number of nitrogens with one attached hydrogen (secondary N) is 1. The lowest BCUT2D eigenvalue weighted by Crippen LogP contribution is -2.00. The minimum atomic E-state index is 0.627. The number of ether oxygens (including phenoxy) is 1. The quantitative estimate of drug-likeness (QED) is 0.324. The monoisotopic (exact) mass is 407 g/mol. The van der Waals surface area contributed by atoms with E-state index in [1.807, 2.05) is 44.2 Å². The second-order valence-electron chi connectivity index (χ2n) is 6.04. The summed E-state index contributed by atoms with van der Waals surface area (Å²) in [4.78, 5) is 5.91. The number of nitrogens with zero attached hydrogens (tertiary/aromatic N) is 4. The van der Waals surface area contributed by atoms with Gasteiger partial charge in [-0.2, -0.15) is 5.21 Å². The van der Waals surface area contributed by atoms with Crippen molar-refractivity contribution in [1.82, 2.24) is 25.6 Å². The number of fused-ring (bicyclic) bond motifs is 1. The molecule has 0 fully saturated rings. The molecule has 4 aromatic rings. The number of para-hydroxylation sites is 1. The number of hydrogen-bond donors (Lipinski definition) is 1. The molecule has 2 aromatic carbocycles. The van der Waals surface area contributed by atoms with Gasteiger partial charge in [-0.15, -0.1) is 22.0 Å². The molecule has 0 atom stereocenters. The summed E-state index contributed by atoms with van der Waals surface area (Å²) in [6.45, 7) is 4.63. The van der Waals surface area contributed by atoms with E-state index < -0.39 is 0 Å². The van der Waals surface area contributed by atoms with Gasteiger partial charge in [-0.05, 0) is 42.8 Å². The Morgan fingerprint density at radius 3 is 2.59 bits per heavy atom. The van der Waals surface area contributed by atoms with Gasteiger partial charge in [-0.3, -0.25) is 4.98 Å². The van der Waals surface area contributed by atoms with E-state index in [0.717, 1.165) is 35.6 Å². The zero-order valence-corrected chi connectivity index (χ0v) is 17.5. The van der Waals surface area contributed by atoms with Gasteiger partial charge in [-0.25, -0.2) is 0 Å². The number of pyridine rings is 1. The maximum Gasteiger partial charge on any atom is 0.174 e. The summed E-state index contributed by atoms with van der Waals surface area (Å²) >= 11 is 1.77. The predicted molar refractivity (Wildman–Crippen MR) is 117 cm³/mol. The summed E-state index contributed by atoms with van der Waals surface area (Å²) in [6, 6.07) is 20.6. The molecule has 0 radical (unpaired) electrons. The molecule has 0 bridgehead atoms. The number of thioether (sulfide) groups is 1. The van der Waals surface area contributed by atoms with Gasteiger partial charge in [0.25, 0.3) is 0 Å². The molecule has 0 saturated heterocycles. The van der Waals surface area contributed by atoms with Crippen LogP contribution in [-0.4, -0.2) is 32.2 Å². The molecule has 6 nitrogen and oxygen atoms in total. The molecule has 0 saturated carbocycles. The Kier molecular flexibility index (Phi) is 8.01. The van der Waals surface area contributed by atoms with Crippen molar-refractivity contribution >= 4 is 22.7 Å². The van der Waals surface area contributed by atoms with Crippen LogP contribution in [0.1, 0.15) is 31.8 Å². The summed E-state index contributed by atoms with van der Waals surface area (Å²) < 4.78 is 5.76. The Morgan fingerprint density at radius 2 is 1.79 bits per heavy atom. The first kappa shape index (κ1) is 20.8. The van der Waals surface area contributed by atoms with Gasteiger partial charge < -0.3 is 4.74 Å². The molecule has 0 amide bonds. The molecular weight excluding hydrogens is 382 g/mol. The van der Waals surface area contributed by atoms with E-state index in [2.05, 4.69) is 51.0 Å². The zero-order valence-electron chi connectivity index (χ0n) is 16.7. The fraction of sp³-hybridized carbons (Fsp3) is 0.273. The summed E-state index contributed by atoms with van der Waals surface area (Å²) in [6.07, 6.45) is 1.60. The molecule has 0 aliphatic rings. The van der Waals surface area contributed by atoms with Gasteiger partial charge in [0, 0.05) is 22.5 Å². The number of aromatic amines is 1. The Bertz CT molecular complexity index is 990. The van der Waals surface area contributed by atoms with Crippen LogP contribution in [-0.2, 0) is 12.2 Å². The number of benzene rings is 2. The lowest BCUT2D eigenvalue weighted by atomic mass is 10.2. The van der Waals surface area contributed by atoms with E-state index in [1.165, 1.54) is 10.3 Å². The highest BCUT2D eigenvalue weighted by Gasteiger charge is 2.02. The van der Waals surface area contributed by atoms with Crippen molar-refractivity contribution in [3.05, 3.63) is 72.2 Å². The number of hydrogen-bond acceptors (Lipinski definition) is 6. The minimum Gasteiger partial charge on any atom is -0.494 e. The Balaban J connectivity index is 0.00000117. The van der Waals surface area contributed by atoms with Crippen molar-refractivity contribution < 1.29 is 4.74 Å². The molecule has 0 spiro atoms. The number of aryl methyl sites for hydroxylation is 1. The average molecular weight is 408 g/mol. The van der Waals surface area contributed by atoms with Gasteiger partial charge in [-0.1, -0.05) is 43.3 Å². The zero-order chi connectivity index (χ0) is 20.3. The fourth-order valence-corrected chi connectivity index (χ4v) is 3.49. The van der Waals surface area contributed by atoms with Crippen LogP contribution in [0.25, 0.3) is 10.9 Å². The highest BCUT2D eigenvalue weighted by atomic mass is 32.2. The van der Waals surface area contributed by atoms with E-state index in [4.69, 9.17) is 9.72 Å². The highest BCUT2D eigenvalue weighted by molar-refractivity contribution is 7.98.